The minimum Gasteiger partial charge on any atom is -0.486 e. The third-order valence-electron chi connectivity index (χ3n) is 5.56. The Labute approximate surface area is 178 Å². The molecule has 1 aromatic heterocycles. The number of aromatic nitrogens is 1. The number of likely N-dealkylation sites (N-methyl/N-ethyl adjacent to an activating group) is 1. The van der Waals surface area contributed by atoms with Gasteiger partial charge in [0.05, 0.1) is 5.69 Å². The zero-order chi connectivity index (χ0) is 20.8. The fourth-order valence-electron chi connectivity index (χ4n) is 3.83. The molecule has 2 N–H and O–H groups in total. The molecule has 0 unspecified atom stereocenters. The van der Waals surface area contributed by atoms with Crippen LogP contribution in [0.1, 0.15) is 18.2 Å². The van der Waals surface area contributed by atoms with Gasteiger partial charge in [-0.25, -0.2) is 4.98 Å². The molecule has 2 heterocycles. The smallest absolute Gasteiger partial charge is 0.178 e. The number of anilines is 1. The normalized spacial score (nSPS) is 15.2. The number of pyridine rings is 1. The second kappa shape index (κ2) is 9.74. The standard InChI is InChI=1S/C25H29N3O2/c1-2-27-13-15-28(16-14-27)25-24-6-4-3-5-21(24)19-22(26-25)10-7-20-8-11-23(12-9-20)30-18-17-29/h3-12,19,29H,2,13-18H2,1H3/p+1/b10-7+. The number of piperazine rings is 1. The van der Waals surface area contributed by atoms with Gasteiger partial charge in [0.25, 0.3) is 0 Å². The number of fused-ring (bicyclic) bond motifs is 1. The molecule has 0 spiro atoms. The van der Waals surface area contributed by atoms with Crippen molar-refractivity contribution in [3.8, 4) is 5.75 Å². The quantitative estimate of drug-likeness (QED) is 0.564. The van der Waals surface area contributed by atoms with Gasteiger partial charge in [-0.05, 0) is 41.8 Å². The maximum Gasteiger partial charge on any atom is 0.178 e. The summed E-state index contributed by atoms with van der Waals surface area (Å²) in [5.74, 6) is 1.89. The Morgan fingerprint density at radius 1 is 1.00 bits per heavy atom. The topological polar surface area (TPSA) is 51.5 Å². The predicted molar refractivity (Wildman–Crippen MR) is 125 cm³/mol. The Bertz CT molecular complexity index is 993. The van der Waals surface area contributed by atoms with Crippen LogP contribution in [0.15, 0.2) is 54.6 Å². The van der Waals surface area contributed by atoms with E-state index in [1.54, 1.807) is 0 Å². The summed E-state index contributed by atoms with van der Waals surface area (Å²) in [6.45, 7) is 8.22. The Morgan fingerprint density at radius 2 is 1.77 bits per heavy atom. The number of hydrogen-bond donors (Lipinski definition) is 0. The molecular weight excluding hydrogens is 374 g/mol. The van der Waals surface area contributed by atoms with E-state index in [2.05, 4.69) is 59.2 Å². The molecule has 3 aromatic rings. The number of rotatable bonds is 7. The molecule has 1 saturated heterocycles. The van der Waals surface area contributed by atoms with E-state index in [1.165, 1.54) is 10.8 Å². The van der Waals surface area contributed by atoms with Crippen LogP contribution in [0.4, 0.5) is 5.82 Å². The molecule has 5 nitrogen and oxygen atoms in total. The molecule has 4 rings (SSSR count). The van der Waals surface area contributed by atoms with Gasteiger partial charge in [0, 0.05) is 31.6 Å². The van der Waals surface area contributed by atoms with Crippen LogP contribution in [0.25, 0.3) is 22.9 Å². The third-order valence-corrected chi connectivity index (χ3v) is 5.56. The number of ether oxygens (including phenoxy) is 1. The van der Waals surface area contributed by atoms with E-state index >= 15 is 0 Å². The van der Waals surface area contributed by atoms with Gasteiger partial charge in [0.15, 0.2) is 13.2 Å². The lowest BCUT2D eigenvalue weighted by atomic mass is 10.1. The van der Waals surface area contributed by atoms with Crippen molar-refractivity contribution in [3.05, 3.63) is 65.9 Å². The molecule has 1 aliphatic rings. The summed E-state index contributed by atoms with van der Waals surface area (Å²) in [5, 5.41) is 9.61. The van der Waals surface area contributed by atoms with Crippen molar-refractivity contribution in [3.63, 3.8) is 0 Å². The van der Waals surface area contributed by atoms with E-state index in [9.17, 15) is 0 Å². The van der Waals surface area contributed by atoms with E-state index in [4.69, 9.17) is 14.8 Å². The van der Waals surface area contributed by atoms with E-state index in [-0.39, 0.29) is 6.61 Å². The van der Waals surface area contributed by atoms with Crippen LogP contribution in [-0.4, -0.2) is 60.9 Å². The average molecular weight is 405 g/mol. The van der Waals surface area contributed by atoms with Crippen LogP contribution in [-0.2, 0) is 0 Å². The summed E-state index contributed by atoms with van der Waals surface area (Å²) in [7, 11) is 0. The highest BCUT2D eigenvalue weighted by molar-refractivity contribution is 5.94. The molecule has 0 atom stereocenters. The Hall–Kier alpha value is -2.89. The lowest BCUT2D eigenvalue weighted by Gasteiger charge is -2.35. The Morgan fingerprint density at radius 3 is 2.50 bits per heavy atom. The Balaban J connectivity index is 1.58. The van der Waals surface area contributed by atoms with Crippen molar-refractivity contribution in [2.24, 2.45) is 0 Å². The fraction of sp³-hybridized carbons (Fsp3) is 0.320. The predicted octanol–water partition coefficient (Wildman–Crippen LogP) is 3.65. The van der Waals surface area contributed by atoms with Crippen LogP contribution < -0.4 is 9.64 Å². The second-order valence-electron chi connectivity index (χ2n) is 7.51. The Kier molecular flexibility index (Phi) is 6.62. The average Bonchev–Trinajstić information content (AvgIpc) is 2.81. The zero-order valence-electron chi connectivity index (χ0n) is 17.6. The molecule has 156 valence electrons. The van der Waals surface area contributed by atoms with Crippen molar-refractivity contribution >= 4 is 28.7 Å². The van der Waals surface area contributed by atoms with Gasteiger partial charge in [-0.2, -0.15) is 0 Å². The zero-order valence-corrected chi connectivity index (χ0v) is 17.6. The van der Waals surface area contributed by atoms with Gasteiger partial charge >= 0.3 is 0 Å². The van der Waals surface area contributed by atoms with Crippen LogP contribution in [0.2, 0.25) is 0 Å². The van der Waals surface area contributed by atoms with E-state index in [0.717, 1.165) is 55.5 Å². The lowest BCUT2D eigenvalue weighted by molar-refractivity contribution is 0.201. The molecule has 1 fully saturated rings. The summed E-state index contributed by atoms with van der Waals surface area (Å²) in [4.78, 5) is 9.93. The van der Waals surface area contributed by atoms with Crippen molar-refractivity contribution in [2.45, 2.75) is 6.92 Å². The van der Waals surface area contributed by atoms with Crippen LogP contribution >= 0.6 is 0 Å². The van der Waals surface area contributed by atoms with Gasteiger partial charge in [0.1, 0.15) is 11.6 Å². The first kappa shape index (κ1) is 20.4. The van der Waals surface area contributed by atoms with Gasteiger partial charge in [0.2, 0.25) is 0 Å². The number of benzene rings is 2. The van der Waals surface area contributed by atoms with Crippen LogP contribution in [0.5, 0.6) is 5.75 Å². The third kappa shape index (κ3) is 4.81. The first-order valence-corrected chi connectivity index (χ1v) is 10.7. The number of nitrogens with zero attached hydrogens (tertiary/aromatic N) is 3. The molecule has 30 heavy (non-hydrogen) atoms. The molecule has 0 saturated carbocycles. The highest BCUT2D eigenvalue weighted by atomic mass is 16.5. The summed E-state index contributed by atoms with van der Waals surface area (Å²) >= 11 is 0. The molecule has 2 aromatic carbocycles. The molecule has 0 amide bonds. The van der Waals surface area contributed by atoms with Crippen molar-refractivity contribution in [1.82, 2.24) is 9.88 Å². The first-order chi connectivity index (χ1) is 14.8. The summed E-state index contributed by atoms with van der Waals surface area (Å²) < 4.78 is 5.49. The fourth-order valence-corrected chi connectivity index (χ4v) is 3.83. The van der Waals surface area contributed by atoms with E-state index < -0.39 is 0 Å². The maximum atomic E-state index is 7.17. The van der Waals surface area contributed by atoms with Crippen LogP contribution in [0, 0.1) is 0 Å². The highest BCUT2D eigenvalue weighted by Crippen LogP contribution is 2.27. The summed E-state index contributed by atoms with van der Waals surface area (Å²) in [5.41, 5.74) is 2.07. The SMILES string of the molecule is CCN1CCN(c2nc(/C=C/c3ccc(OCC[OH2+])cc3)cc3ccccc23)CC1. The van der Waals surface area contributed by atoms with E-state index in [0.29, 0.717) is 6.61 Å². The molecule has 5 heteroatoms. The molecular formula is C25H30N3O2+. The summed E-state index contributed by atoms with van der Waals surface area (Å²) in [6, 6.07) is 18.6. The van der Waals surface area contributed by atoms with Crippen molar-refractivity contribution in [2.75, 3.05) is 50.8 Å². The minimum absolute atomic E-state index is 0.269. The van der Waals surface area contributed by atoms with Crippen molar-refractivity contribution in [1.29, 1.82) is 0 Å². The largest absolute Gasteiger partial charge is 0.486 e. The molecule has 1 aliphatic heterocycles. The molecule has 0 aliphatic carbocycles. The first-order valence-electron chi connectivity index (χ1n) is 10.7. The van der Waals surface area contributed by atoms with Crippen molar-refractivity contribution < 1.29 is 9.84 Å². The molecule has 0 bridgehead atoms. The summed E-state index contributed by atoms with van der Waals surface area (Å²) in [6.07, 6.45) is 4.17. The van der Waals surface area contributed by atoms with Gasteiger partial charge in [-0.15, -0.1) is 0 Å². The second-order valence-corrected chi connectivity index (χ2v) is 7.51. The van der Waals surface area contributed by atoms with E-state index in [1.807, 2.05) is 24.3 Å². The number of hydrogen-bond acceptors (Lipinski definition) is 4. The minimum atomic E-state index is 0.269. The monoisotopic (exact) mass is 404 g/mol. The van der Waals surface area contributed by atoms with Gasteiger partial charge in [-0.1, -0.05) is 49.4 Å². The maximum absolute atomic E-state index is 7.17. The lowest BCUT2D eigenvalue weighted by Crippen LogP contribution is -2.46. The highest BCUT2D eigenvalue weighted by Gasteiger charge is 2.19. The molecule has 0 radical (unpaired) electrons. The van der Waals surface area contributed by atoms with Crippen LogP contribution in [0.3, 0.4) is 0 Å². The van der Waals surface area contributed by atoms with Gasteiger partial charge < -0.3 is 19.6 Å². The van der Waals surface area contributed by atoms with Gasteiger partial charge in [-0.3, -0.25) is 0 Å².